The zero-order valence-corrected chi connectivity index (χ0v) is 11.2. The second kappa shape index (κ2) is 5.82. The van der Waals surface area contributed by atoms with E-state index < -0.39 is 6.04 Å². The molecule has 0 aliphatic heterocycles. The highest BCUT2D eigenvalue weighted by molar-refractivity contribution is 5.97. The number of benzene rings is 1. The van der Waals surface area contributed by atoms with Gasteiger partial charge in [0.25, 0.3) is 0 Å². The molecule has 0 saturated heterocycles. The first-order chi connectivity index (χ1) is 7.97. The fourth-order valence-electron chi connectivity index (χ4n) is 1.98. The van der Waals surface area contributed by atoms with E-state index in [0.29, 0.717) is 0 Å². The van der Waals surface area contributed by atoms with Crippen LogP contribution in [0.4, 0.5) is 5.69 Å². The normalized spacial score (nSPS) is 12.3. The van der Waals surface area contributed by atoms with Gasteiger partial charge in [-0.05, 0) is 31.9 Å². The van der Waals surface area contributed by atoms with Crippen LogP contribution in [0.3, 0.4) is 0 Å². The molecule has 1 aromatic rings. The lowest BCUT2D eigenvalue weighted by Gasteiger charge is -2.23. The SMILES string of the molecule is CCCC(N)C(=O)N(C)c1ccc(C)cc1C. The number of hydrogen-bond donors (Lipinski definition) is 1. The predicted molar refractivity (Wildman–Crippen MR) is 72.2 cm³/mol. The highest BCUT2D eigenvalue weighted by atomic mass is 16.2. The van der Waals surface area contributed by atoms with Crippen molar-refractivity contribution < 1.29 is 4.79 Å². The number of nitrogens with zero attached hydrogens (tertiary/aromatic N) is 1. The van der Waals surface area contributed by atoms with Gasteiger partial charge in [-0.25, -0.2) is 0 Å². The molecular formula is C14H22N2O. The van der Waals surface area contributed by atoms with E-state index in [4.69, 9.17) is 5.73 Å². The first-order valence-corrected chi connectivity index (χ1v) is 6.07. The summed E-state index contributed by atoms with van der Waals surface area (Å²) < 4.78 is 0. The van der Waals surface area contributed by atoms with Crippen molar-refractivity contribution >= 4 is 11.6 Å². The quantitative estimate of drug-likeness (QED) is 0.869. The standard InChI is InChI=1S/C14H22N2O/c1-5-6-12(15)14(17)16(4)13-8-7-10(2)9-11(13)3/h7-9,12H,5-6,15H2,1-4H3. The van der Waals surface area contributed by atoms with E-state index in [9.17, 15) is 4.79 Å². The van der Waals surface area contributed by atoms with Gasteiger partial charge < -0.3 is 10.6 Å². The first kappa shape index (κ1) is 13.7. The number of nitrogens with two attached hydrogens (primary N) is 1. The molecule has 0 radical (unpaired) electrons. The van der Waals surface area contributed by atoms with Gasteiger partial charge in [-0.15, -0.1) is 0 Å². The van der Waals surface area contributed by atoms with Crippen molar-refractivity contribution in [2.75, 3.05) is 11.9 Å². The van der Waals surface area contributed by atoms with E-state index in [-0.39, 0.29) is 5.91 Å². The molecule has 1 aromatic carbocycles. The molecule has 1 unspecified atom stereocenters. The third kappa shape index (κ3) is 3.30. The van der Waals surface area contributed by atoms with Gasteiger partial charge in [0.1, 0.15) is 0 Å². The molecule has 2 N–H and O–H groups in total. The van der Waals surface area contributed by atoms with Gasteiger partial charge >= 0.3 is 0 Å². The van der Waals surface area contributed by atoms with Gasteiger partial charge in [-0.3, -0.25) is 4.79 Å². The Morgan fingerprint density at radius 3 is 2.59 bits per heavy atom. The molecule has 0 spiro atoms. The number of amides is 1. The summed E-state index contributed by atoms with van der Waals surface area (Å²) >= 11 is 0. The van der Waals surface area contributed by atoms with Crippen LogP contribution in [0.25, 0.3) is 0 Å². The summed E-state index contributed by atoms with van der Waals surface area (Å²) in [6, 6.07) is 5.66. The lowest BCUT2D eigenvalue weighted by atomic mass is 10.1. The van der Waals surface area contributed by atoms with Crippen molar-refractivity contribution in [3.63, 3.8) is 0 Å². The summed E-state index contributed by atoms with van der Waals surface area (Å²) in [7, 11) is 1.79. The first-order valence-electron chi connectivity index (χ1n) is 6.07. The molecule has 0 bridgehead atoms. The monoisotopic (exact) mass is 234 g/mol. The van der Waals surface area contributed by atoms with Crippen molar-refractivity contribution in [3.05, 3.63) is 29.3 Å². The van der Waals surface area contributed by atoms with E-state index in [2.05, 4.69) is 6.07 Å². The summed E-state index contributed by atoms with van der Waals surface area (Å²) in [5.41, 5.74) is 9.09. The van der Waals surface area contributed by atoms with Crippen molar-refractivity contribution in [1.29, 1.82) is 0 Å². The van der Waals surface area contributed by atoms with Crippen LogP contribution in [-0.4, -0.2) is 19.0 Å². The highest BCUT2D eigenvalue weighted by Crippen LogP contribution is 2.20. The van der Waals surface area contributed by atoms with E-state index >= 15 is 0 Å². The highest BCUT2D eigenvalue weighted by Gasteiger charge is 2.19. The lowest BCUT2D eigenvalue weighted by molar-refractivity contribution is -0.119. The second-order valence-electron chi connectivity index (χ2n) is 4.58. The molecule has 94 valence electrons. The van der Waals surface area contributed by atoms with Crippen LogP contribution in [0.2, 0.25) is 0 Å². The molecule has 1 atom stereocenters. The van der Waals surface area contributed by atoms with E-state index in [1.807, 2.05) is 32.9 Å². The number of anilines is 1. The van der Waals surface area contributed by atoms with Crippen molar-refractivity contribution in [3.8, 4) is 0 Å². The summed E-state index contributed by atoms with van der Waals surface area (Å²) in [6.07, 6.45) is 1.65. The largest absolute Gasteiger partial charge is 0.320 e. The maximum absolute atomic E-state index is 12.1. The van der Waals surface area contributed by atoms with Gasteiger partial charge in [0, 0.05) is 12.7 Å². The Morgan fingerprint density at radius 2 is 2.06 bits per heavy atom. The summed E-state index contributed by atoms with van der Waals surface area (Å²) in [5, 5.41) is 0. The minimum atomic E-state index is -0.397. The number of rotatable bonds is 4. The Bertz CT molecular complexity index is 401. The molecule has 3 heteroatoms. The van der Waals surface area contributed by atoms with Crippen LogP contribution in [0, 0.1) is 13.8 Å². The van der Waals surface area contributed by atoms with Crippen LogP contribution in [0.1, 0.15) is 30.9 Å². The molecular weight excluding hydrogens is 212 g/mol. The van der Waals surface area contributed by atoms with Gasteiger partial charge in [0.2, 0.25) is 5.91 Å². The number of aryl methyl sites for hydroxylation is 2. The number of likely N-dealkylation sites (N-methyl/N-ethyl adjacent to an activating group) is 1. The Balaban J connectivity index is 2.88. The number of carbonyl (C=O) groups excluding carboxylic acids is 1. The Kier molecular flexibility index (Phi) is 4.70. The zero-order valence-electron chi connectivity index (χ0n) is 11.2. The van der Waals surface area contributed by atoms with E-state index in [1.165, 1.54) is 5.56 Å². The van der Waals surface area contributed by atoms with E-state index in [0.717, 1.165) is 24.1 Å². The molecule has 3 nitrogen and oxygen atoms in total. The predicted octanol–water partition coefficient (Wildman–Crippen LogP) is 2.39. The lowest BCUT2D eigenvalue weighted by Crippen LogP contribution is -2.42. The number of hydrogen-bond acceptors (Lipinski definition) is 2. The number of carbonyl (C=O) groups is 1. The van der Waals surface area contributed by atoms with Crippen LogP contribution < -0.4 is 10.6 Å². The molecule has 1 amide bonds. The maximum atomic E-state index is 12.1. The third-order valence-corrected chi connectivity index (χ3v) is 2.96. The van der Waals surface area contributed by atoms with Crippen molar-refractivity contribution in [2.24, 2.45) is 5.73 Å². The third-order valence-electron chi connectivity index (χ3n) is 2.96. The van der Waals surface area contributed by atoms with Crippen LogP contribution in [0.5, 0.6) is 0 Å². The van der Waals surface area contributed by atoms with Gasteiger partial charge in [-0.1, -0.05) is 31.0 Å². The van der Waals surface area contributed by atoms with E-state index in [1.54, 1.807) is 11.9 Å². The van der Waals surface area contributed by atoms with Gasteiger partial charge in [-0.2, -0.15) is 0 Å². The Labute approximate surface area is 104 Å². The molecule has 0 aliphatic rings. The minimum absolute atomic E-state index is 0.0150. The minimum Gasteiger partial charge on any atom is -0.320 e. The fraction of sp³-hybridized carbons (Fsp3) is 0.500. The molecule has 17 heavy (non-hydrogen) atoms. The van der Waals surface area contributed by atoms with Gasteiger partial charge in [0.15, 0.2) is 0 Å². The molecule has 0 heterocycles. The smallest absolute Gasteiger partial charge is 0.243 e. The Morgan fingerprint density at radius 1 is 1.41 bits per heavy atom. The molecule has 0 saturated carbocycles. The average molecular weight is 234 g/mol. The summed E-state index contributed by atoms with van der Waals surface area (Å²) in [5.74, 6) is -0.0150. The Hall–Kier alpha value is -1.35. The average Bonchev–Trinajstić information content (AvgIpc) is 2.27. The van der Waals surface area contributed by atoms with Crippen LogP contribution in [-0.2, 0) is 4.79 Å². The molecule has 0 fully saturated rings. The van der Waals surface area contributed by atoms with Gasteiger partial charge in [0.05, 0.1) is 6.04 Å². The fourth-order valence-corrected chi connectivity index (χ4v) is 1.98. The zero-order chi connectivity index (χ0) is 13.0. The molecule has 1 rings (SSSR count). The van der Waals surface area contributed by atoms with Crippen LogP contribution >= 0.6 is 0 Å². The van der Waals surface area contributed by atoms with Crippen LogP contribution in [0.15, 0.2) is 18.2 Å². The summed E-state index contributed by atoms with van der Waals surface area (Å²) in [6.45, 7) is 6.09. The molecule has 0 aliphatic carbocycles. The summed E-state index contributed by atoms with van der Waals surface area (Å²) in [4.78, 5) is 13.7. The molecule has 0 aromatic heterocycles. The topological polar surface area (TPSA) is 46.3 Å². The second-order valence-corrected chi connectivity index (χ2v) is 4.58. The van der Waals surface area contributed by atoms with Crippen molar-refractivity contribution in [2.45, 2.75) is 39.7 Å². The van der Waals surface area contributed by atoms with Crippen molar-refractivity contribution in [1.82, 2.24) is 0 Å². The maximum Gasteiger partial charge on any atom is 0.243 e.